The maximum atomic E-state index is 14.2. The van der Waals surface area contributed by atoms with E-state index < -0.39 is 0 Å². The van der Waals surface area contributed by atoms with E-state index in [0.29, 0.717) is 38.1 Å². The van der Waals surface area contributed by atoms with Gasteiger partial charge in [0.25, 0.3) is 0 Å². The molecule has 6 nitrogen and oxygen atoms in total. The molecule has 0 aliphatic rings. The molecule has 0 radical (unpaired) electrons. The first-order valence-electron chi connectivity index (χ1n) is 10.7. The van der Waals surface area contributed by atoms with Crippen molar-refractivity contribution in [1.29, 1.82) is 0 Å². The van der Waals surface area contributed by atoms with Crippen LogP contribution in [-0.2, 0) is 13.1 Å². The van der Waals surface area contributed by atoms with E-state index in [9.17, 15) is 4.39 Å². The van der Waals surface area contributed by atoms with Gasteiger partial charge in [-0.05, 0) is 62.8 Å². The van der Waals surface area contributed by atoms with Crippen molar-refractivity contribution in [2.24, 2.45) is 0 Å². The maximum absolute atomic E-state index is 14.2. The van der Waals surface area contributed by atoms with Crippen LogP contribution < -0.4 is 10.6 Å². The Morgan fingerprint density at radius 1 is 0.914 bits per heavy atom. The van der Waals surface area contributed by atoms with Crippen molar-refractivity contribution in [3.8, 4) is 0 Å². The zero-order valence-electron chi connectivity index (χ0n) is 19.2. The number of thiocarbonyl (C=S) groups is 1. The molecule has 4 aromatic rings. The second kappa shape index (κ2) is 10.5. The molecule has 2 aromatic carbocycles. The summed E-state index contributed by atoms with van der Waals surface area (Å²) in [5.74, 6) is 0.161. The van der Waals surface area contributed by atoms with Crippen molar-refractivity contribution in [3.63, 3.8) is 0 Å². The Kier molecular flexibility index (Phi) is 7.66. The summed E-state index contributed by atoms with van der Waals surface area (Å²) in [4.78, 5) is 0. The van der Waals surface area contributed by atoms with E-state index in [4.69, 9.17) is 47.0 Å². The van der Waals surface area contributed by atoms with Crippen molar-refractivity contribution < 1.29 is 4.39 Å². The van der Waals surface area contributed by atoms with Crippen molar-refractivity contribution >= 4 is 63.6 Å². The van der Waals surface area contributed by atoms with Gasteiger partial charge in [-0.2, -0.15) is 10.2 Å². The van der Waals surface area contributed by atoms with Gasteiger partial charge in [-0.1, -0.05) is 46.9 Å². The summed E-state index contributed by atoms with van der Waals surface area (Å²) in [7, 11) is 0. The average Bonchev–Trinajstić information content (AvgIpc) is 3.26. The molecule has 0 aliphatic carbocycles. The number of rotatable bonds is 6. The Labute approximate surface area is 223 Å². The van der Waals surface area contributed by atoms with E-state index >= 15 is 0 Å². The zero-order valence-corrected chi connectivity index (χ0v) is 22.2. The van der Waals surface area contributed by atoms with E-state index in [1.54, 1.807) is 22.9 Å². The van der Waals surface area contributed by atoms with Crippen LogP contribution in [0.5, 0.6) is 0 Å². The second-order valence-electron chi connectivity index (χ2n) is 8.06. The van der Waals surface area contributed by atoms with Gasteiger partial charge in [0.15, 0.2) is 10.9 Å². The highest BCUT2D eigenvalue weighted by Gasteiger charge is 2.15. The third-order valence-corrected chi connectivity index (χ3v) is 6.83. The highest BCUT2D eigenvalue weighted by atomic mass is 35.5. The Balaban J connectivity index is 1.45. The quantitative estimate of drug-likeness (QED) is 0.252. The number of hydrogen-bond acceptors (Lipinski definition) is 3. The predicted octanol–water partition coefficient (Wildman–Crippen LogP) is 7.01. The van der Waals surface area contributed by atoms with Crippen LogP contribution in [0.1, 0.15) is 28.2 Å². The lowest BCUT2D eigenvalue weighted by atomic mass is 10.2. The van der Waals surface area contributed by atoms with Gasteiger partial charge < -0.3 is 10.6 Å². The lowest BCUT2D eigenvalue weighted by molar-refractivity contribution is 0.581. The lowest BCUT2D eigenvalue weighted by Crippen LogP contribution is -2.20. The highest BCUT2D eigenvalue weighted by Crippen LogP contribution is 2.25. The molecule has 182 valence electrons. The number of aromatic nitrogens is 4. The lowest BCUT2D eigenvalue weighted by Gasteiger charge is -2.10. The SMILES string of the molecule is Cc1nn(Cc2ccc(Cl)c(Cl)c2)c(C)c1NC(=S)Nc1cc(C)n(Cc2c(F)cccc2Cl)n1. The molecule has 0 fully saturated rings. The van der Waals surface area contributed by atoms with Crippen LogP contribution in [0.3, 0.4) is 0 Å². The van der Waals surface area contributed by atoms with E-state index in [2.05, 4.69) is 20.8 Å². The molecule has 0 spiro atoms. The normalized spacial score (nSPS) is 11.1. The Hall–Kier alpha value is -2.65. The molecule has 0 unspecified atom stereocenters. The monoisotopic (exact) mass is 550 g/mol. The maximum Gasteiger partial charge on any atom is 0.176 e. The first kappa shape index (κ1) is 25.4. The predicted molar refractivity (Wildman–Crippen MR) is 145 cm³/mol. The number of anilines is 2. The second-order valence-corrected chi connectivity index (χ2v) is 9.69. The van der Waals surface area contributed by atoms with Crippen molar-refractivity contribution in [1.82, 2.24) is 19.6 Å². The van der Waals surface area contributed by atoms with Crippen LogP contribution in [0.4, 0.5) is 15.9 Å². The molecule has 0 saturated carbocycles. The first-order chi connectivity index (χ1) is 16.6. The van der Waals surface area contributed by atoms with Crippen LogP contribution in [0.2, 0.25) is 15.1 Å². The van der Waals surface area contributed by atoms with Crippen LogP contribution in [0.15, 0.2) is 42.5 Å². The Morgan fingerprint density at radius 3 is 2.40 bits per heavy atom. The molecule has 0 bridgehead atoms. The molecule has 0 amide bonds. The van der Waals surface area contributed by atoms with Gasteiger partial charge in [0.2, 0.25) is 0 Å². The van der Waals surface area contributed by atoms with Crippen LogP contribution in [0.25, 0.3) is 0 Å². The number of nitrogens with zero attached hydrogens (tertiary/aromatic N) is 4. The number of benzene rings is 2. The van der Waals surface area contributed by atoms with Gasteiger partial charge in [0, 0.05) is 22.3 Å². The van der Waals surface area contributed by atoms with Gasteiger partial charge in [-0.15, -0.1) is 0 Å². The van der Waals surface area contributed by atoms with E-state index in [1.165, 1.54) is 6.07 Å². The standard InChI is InChI=1S/C24H22Cl3FN6S/c1-13-9-22(32-33(13)12-17-18(25)5-4-6-21(17)28)29-24(35)30-23-14(2)31-34(15(23)3)11-16-7-8-19(26)20(27)10-16/h4-10H,11-12H2,1-3H3,(H2,29,30,32,35). The fraction of sp³-hybridized carbons (Fsp3) is 0.208. The van der Waals surface area contributed by atoms with E-state index in [-0.39, 0.29) is 12.4 Å². The third-order valence-electron chi connectivity index (χ3n) is 5.53. The Morgan fingerprint density at radius 2 is 1.69 bits per heavy atom. The molecule has 2 N–H and O–H groups in total. The summed E-state index contributed by atoms with van der Waals surface area (Å²) >= 11 is 23.8. The molecule has 0 saturated heterocycles. The minimum absolute atomic E-state index is 0.207. The molecule has 0 aliphatic heterocycles. The van der Waals surface area contributed by atoms with Crippen molar-refractivity contribution in [2.45, 2.75) is 33.9 Å². The number of aryl methyl sites for hydroxylation is 2. The number of hydrogen-bond donors (Lipinski definition) is 2. The van der Waals surface area contributed by atoms with E-state index in [0.717, 1.165) is 28.3 Å². The summed E-state index contributed by atoms with van der Waals surface area (Å²) in [6.45, 7) is 6.48. The van der Waals surface area contributed by atoms with Gasteiger partial charge in [-0.3, -0.25) is 9.36 Å². The summed E-state index contributed by atoms with van der Waals surface area (Å²) < 4.78 is 17.7. The summed E-state index contributed by atoms with van der Waals surface area (Å²) in [6.07, 6.45) is 0. The Bertz CT molecular complexity index is 1390. The van der Waals surface area contributed by atoms with Crippen LogP contribution in [-0.4, -0.2) is 24.7 Å². The molecule has 2 heterocycles. The topological polar surface area (TPSA) is 59.7 Å². The van der Waals surface area contributed by atoms with Gasteiger partial charge >= 0.3 is 0 Å². The van der Waals surface area contributed by atoms with Crippen LogP contribution >= 0.6 is 47.0 Å². The first-order valence-corrected chi connectivity index (χ1v) is 12.2. The van der Waals surface area contributed by atoms with Gasteiger partial charge in [-0.25, -0.2) is 4.39 Å². The molecular weight excluding hydrogens is 530 g/mol. The summed E-state index contributed by atoms with van der Waals surface area (Å²) in [5, 5.41) is 17.1. The van der Waals surface area contributed by atoms with E-state index in [1.807, 2.05) is 43.7 Å². The molecule has 2 aromatic heterocycles. The number of nitrogens with one attached hydrogen (secondary N) is 2. The molecule has 35 heavy (non-hydrogen) atoms. The van der Waals surface area contributed by atoms with Gasteiger partial charge in [0.05, 0.1) is 40.2 Å². The highest BCUT2D eigenvalue weighted by molar-refractivity contribution is 7.80. The van der Waals surface area contributed by atoms with Crippen molar-refractivity contribution in [3.05, 3.63) is 91.6 Å². The minimum atomic E-state index is -0.372. The van der Waals surface area contributed by atoms with Crippen LogP contribution in [0, 0.1) is 26.6 Å². The average molecular weight is 552 g/mol. The fourth-order valence-corrected chi connectivity index (χ4v) is 4.42. The summed E-state index contributed by atoms with van der Waals surface area (Å²) in [5.41, 5.74) is 4.70. The zero-order chi connectivity index (χ0) is 25.3. The minimum Gasteiger partial charge on any atom is -0.329 e. The third kappa shape index (κ3) is 5.78. The van der Waals surface area contributed by atoms with Gasteiger partial charge in [0.1, 0.15) is 5.82 Å². The smallest absolute Gasteiger partial charge is 0.176 e. The molecule has 11 heteroatoms. The summed E-state index contributed by atoms with van der Waals surface area (Å²) in [6, 6.07) is 11.9. The van der Waals surface area contributed by atoms with Crippen molar-refractivity contribution in [2.75, 3.05) is 10.6 Å². The number of halogens is 4. The molecular formula is C24H22Cl3FN6S. The fourth-order valence-electron chi connectivity index (χ4n) is 3.67. The molecule has 4 rings (SSSR count). The largest absolute Gasteiger partial charge is 0.329 e. The molecule has 0 atom stereocenters.